The van der Waals surface area contributed by atoms with Crippen LogP contribution in [0.2, 0.25) is 0 Å². The Balaban J connectivity index is 2.15. The molecule has 0 unspecified atom stereocenters. The van der Waals surface area contributed by atoms with Gasteiger partial charge in [0.05, 0.1) is 0 Å². The maximum atomic E-state index is 11.7. The molecule has 2 rings (SSSR count). The average molecular weight is 229 g/mol. The first-order chi connectivity index (χ1) is 8.19. The molecule has 0 atom stereocenters. The van der Waals surface area contributed by atoms with E-state index in [4.69, 9.17) is 4.42 Å². The zero-order valence-corrected chi connectivity index (χ0v) is 9.27. The quantitative estimate of drug-likeness (QED) is 0.823. The molecule has 4 nitrogen and oxygen atoms in total. The van der Waals surface area contributed by atoms with E-state index in [0.717, 1.165) is 6.29 Å². The standard InChI is InChI=1S/C13H11NO3/c1-9-5-6-12(17-9)13(16)14-11-4-2-3-10(7-11)8-15/h2-8H,1H3,(H,14,16). The van der Waals surface area contributed by atoms with Crippen molar-refractivity contribution in [3.63, 3.8) is 0 Å². The van der Waals surface area contributed by atoms with Gasteiger partial charge in [0.2, 0.25) is 0 Å². The van der Waals surface area contributed by atoms with E-state index in [1.54, 1.807) is 43.3 Å². The van der Waals surface area contributed by atoms with E-state index in [-0.39, 0.29) is 11.7 Å². The third kappa shape index (κ3) is 2.60. The predicted octanol–water partition coefficient (Wildman–Crippen LogP) is 2.65. The summed E-state index contributed by atoms with van der Waals surface area (Å²) < 4.78 is 5.19. The molecule has 4 heteroatoms. The van der Waals surface area contributed by atoms with Crippen LogP contribution in [0.3, 0.4) is 0 Å². The first-order valence-electron chi connectivity index (χ1n) is 5.12. The Bertz CT molecular complexity index is 557. The molecule has 1 heterocycles. The Hall–Kier alpha value is -2.36. The van der Waals surface area contributed by atoms with Gasteiger partial charge in [-0.2, -0.15) is 0 Å². The molecular formula is C13H11NO3. The zero-order chi connectivity index (χ0) is 12.3. The molecule has 0 aliphatic carbocycles. The molecule has 1 amide bonds. The van der Waals surface area contributed by atoms with E-state index in [2.05, 4.69) is 5.32 Å². The van der Waals surface area contributed by atoms with Gasteiger partial charge in [-0.3, -0.25) is 9.59 Å². The maximum Gasteiger partial charge on any atom is 0.291 e. The smallest absolute Gasteiger partial charge is 0.291 e. The molecule has 0 aliphatic heterocycles. The fourth-order valence-electron chi connectivity index (χ4n) is 1.44. The lowest BCUT2D eigenvalue weighted by Crippen LogP contribution is -2.10. The van der Waals surface area contributed by atoms with Crippen LogP contribution in [-0.4, -0.2) is 12.2 Å². The Kier molecular flexibility index (Phi) is 3.05. The minimum Gasteiger partial charge on any atom is -0.456 e. The number of aldehydes is 1. The van der Waals surface area contributed by atoms with Crippen molar-refractivity contribution in [3.8, 4) is 0 Å². The van der Waals surface area contributed by atoms with E-state index >= 15 is 0 Å². The van der Waals surface area contributed by atoms with Gasteiger partial charge in [-0.25, -0.2) is 0 Å². The number of carbonyl (C=O) groups is 2. The number of rotatable bonds is 3. The fourth-order valence-corrected chi connectivity index (χ4v) is 1.44. The van der Waals surface area contributed by atoms with Gasteiger partial charge in [-0.1, -0.05) is 12.1 Å². The Morgan fingerprint density at radius 2 is 2.12 bits per heavy atom. The highest BCUT2D eigenvalue weighted by molar-refractivity contribution is 6.02. The molecule has 1 aromatic heterocycles. The normalized spacial score (nSPS) is 9.94. The third-order valence-electron chi connectivity index (χ3n) is 2.24. The summed E-state index contributed by atoms with van der Waals surface area (Å²) in [4.78, 5) is 22.3. The SMILES string of the molecule is Cc1ccc(C(=O)Nc2cccc(C=O)c2)o1. The minimum absolute atomic E-state index is 0.249. The van der Waals surface area contributed by atoms with Crippen LogP contribution < -0.4 is 5.32 Å². The van der Waals surface area contributed by atoms with Crippen LogP contribution in [0.5, 0.6) is 0 Å². The van der Waals surface area contributed by atoms with Crippen molar-refractivity contribution < 1.29 is 14.0 Å². The van der Waals surface area contributed by atoms with Crippen molar-refractivity contribution in [2.45, 2.75) is 6.92 Å². The molecule has 86 valence electrons. The largest absolute Gasteiger partial charge is 0.456 e. The Labute approximate surface area is 98.3 Å². The number of nitrogens with one attached hydrogen (secondary N) is 1. The van der Waals surface area contributed by atoms with Crippen molar-refractivity contribution in [1.29, 1.82) is 0 Å². The lowest BCUT2D eigenvalue weighted by Gasteiger charge is -2.03. The third-order valence-corrected chi connectivity index (χ3v) is 2.24. The fraction of sp³-hybridized carbons (Fsp3) is 0.0769. The molecule has 0 bridgehead atoms. The van der Waals surface area contributed by atoms with Crippen LogP contribution in [0.1, 0.15) is 26.7 Å². The van der Waals surface area contributed by atoms with Crippen molar-refractivity contribution in [3.05, 3.63) is 53.5 Å². The van der Waals surface area contributed by atoms with Gasteiger partial charge in [0, 0.05) is 11.3 Å². The molecule has 0 saturated carbocycles. The molecule has 2 aromatic rings. The number of hydrogen-bond donors (Lipinski definition) is 1. The van der Waals surface area contributed by atoms with Crippen LogP contribution in [0.25, 0.3) is 0 Å². The van der Waals surface area contributed by atoms with Crippen LogP contribution >= 0.6 is 0 Å². The molecular weight excluding hydrogens is 218 g/mol. The van der Waals surface area contributed by atoms with E-state index < -0.39 is 0 Å². The second kappa shape index (κ2) is 4.65. The van der Waals surface area contributed by atoms with Crippen LogP contribution in [0.4, 0.5) is 5.69 Å². The monoisotopic (exact) mass is 229 g/mol. The number of carbonyl (C=O) groups excluding carboxylic acids is 2. The number of benzene rings is 1. The van der Waals surface area contributed by atoms with E-state index in [1.165, 1.54) is 0 Å². The summed E-state index contributed by atoms with van der Waals surface area (Å²) in [6, 6.07) is 10.00. The van der Waals surface area contributed by atoms with Crippen LogP contribution in [-0.2, 0) is 0 Å². The average Bonchev–Trinajstić information content (AvgIpc) is 2.76. The van der Waals surface area contributed by atoms with Gasteiger partial charge in [-0.15, -0.1) is 0 Å². The molecule has 0 spiro atoms. The zero-order valence-electron chi connectivity index (χ0n) is 9.27. The lowest BCUT2D eigenvalue weighted by molar-refractivity contribution is 0.0995. The van der Waals surface area contributed by atoms with E-state index in [1.807, 2.05) is 0 Å². The summed E-state index contributed by atoms with van der Waals surface area (Å²) in [6.45, 7) is 1.77. The lowest BCUT2D eigenvalue weighted by atomic mass is 10.2. The van der Waals surface area contributed by atoms with Gasteiger partial charge >= 0.3 is 0 Å². The summed E-state index contributed by atoms with van der Waals surface area (Å²) in [5.41, 5.74) is 1.08. The molecule has 0 saturated heterocycles. The summed E-state index contributed by atoms with van der Waals surface area (Å²) in [5, 5.41) is 2.65. The number of hydrogen-bond acceptors (Lipinski definition) is 3. The van der Waals surface area contributed by atoms with Gasteiger partial charge in [0.15, 0.2) is 5.76 Å². The van der Waals surface area contributed by atoms with Crippen LogP contribution in [0.15, 0.2) is 40.8 Å². The van der Waals surface area contributed by atoms with Crippen molar-refractivity contribution in [1.82, 2.24) is 0 Å². The number of furan rings is 1. The van der Waals surface area contributed by atoms with E-state index in [0.29, 0.717) is 17.0 Å². The second-order valence-electron chi connectivity index (χ2n) is 3.61. The van der Waals surface area contributed by atoms with Gasteiger partial charge < -0.3 is 9.73 Å². The first-order valence-corrected chi connectivity index (χ1v) is 5.12. The topological polar surface area (TPSA) is 59.3 Å². The molecule has 17 heavy (non-hydrogen) atoms. The molecule has 0 fully saturated rings. The van der Waals surface area contributed by atoms with Gasteiger partial charge in [0.25, 0.3) is 5.91 Å². The minimum atomic E-state index is -0.332. The molecule has 1 aromatic carbocycles. The highest BCUT2D eigenvalue weighted by Crippen LogP contribution is 2.12. The number of amides is 1. The summed E-state index contributed by atoms with van der Waals surface area (Å²) in [7, 11) is 0. The summed E-state index contributed by atoms with van der Waals surface area (Å²) in [6.07, 6.45) is 0.729. The summed E-state index contributed by atoms with van der Waals surface area (Å²) in [5.74, 6) is 0.594. The molecule has 0 aliphatic rings. The maximum absolute atomic E-state index is 11.7. The Morgan fingerprint density at radius 3 is 2.76 bits per heavy atom. The van der Waals surface area contributed by atoms with Crippen LogP contribution in [0, 0.1) is 6.92 Å². The Morgan fingerprint density at radius 1 is 1.29 bits per heavy atom. The second-order valence-corrected chi connectivity index (χ2v) is 3.61. The number of aryl methyl sites for hydroxylation is 1. The van der Waals surface area contributed by atoms with Crippen molar-refractivity contribution >= 4 is 17.9 Å². The van der Waals surface area contributed by atoms with Crippen molar-refractivity contribution in [2.24, 2.45) is 0 Å². The highest BCUT2D eigenvalue weighted by Gasteiger charge is 2.09. The highest BCUT2D eigenvalue weighted by atomic mass is 16.3. The first kappa shape index (κ1) is 11.1. The van der Waals surface area contributed by atoms with Gasteiger partial charge in [-0.05, 0) is 31.2 Å². The summed E-state index contributed by atoms with van der Waals surface area (Å²) >= 11 is 0. The predicted molar refractivity (Wildman–Crippen MR) is 63.2 cm³/mol. The molecule has 0 radical (unpaired) electrons. The van der Waals surface area contributed by atoms with E-state index in [9.17, 15) is 9.59 Å². The van der Waals surface area contributed by atoms with Crippen molar-refractivity contribution in [2.75, 3.05) is 5.32 Å². The van der Waals surface area contributed by atoms with Gasteiger partial charge in [0.1, 0.15) is 12.0 Å². The number of anilines is 1. The molecule has 1 N–H and O–H groups in total.